The Balaban J connectivity index is 1.91. The van der Waals surface area contributed by atoms with Gasteiger partial charge in [0.1, 0.15) is 5.82 Å². The first-order valence-corrected chi connectivity index (χ1v) is 7.11. The Morgan fingerprint density at radius 2 is 2.18 bits per heavy atom. The highest BCUT2D eigenvalue weighted by Crippen LogP contribution is 2.23. The maximum absolute atomic E-state index is 12.5. The Labute approximate surface area is 126 Å². The molecule has 0 amide bonds. The van der Waals surface area contributed by atoms with E-state index in [4.69, 9.17) is 5.26 Å². The third-order valence-electron chi connectivity index (χ3n) is 4.01. The van der Waals surface area contributed by atoms with E-state index in [1.165, 1.54) is 0 Å². The molecule has 5 heteroatoms. The topological polar surface area (TPSA) is 71.6 Å². The molecule has 0 fully saturated rings. The van der Waals surface area contributed by atoms with E-state index in [2.05, 4.69) is 16.0 Å². The molecule has 106 valence electrons. The monoisotopic (exact) mass is 288 g/mol. The molecule has 5 nitrogen and oxygen atoms in total. The number of nitrogens with zero attached hydrogens (tertiary/aromatic N) is 4. The summed E-state index contributed by atoms with van der Waals surface area (Å²) in [5, 5.41) is 9.64. The van der Waals surface area contributed by atoms with Crippen LogP contribution < -0.4 is 5.56 Å². The number of hydrogen-bond donors (Lipinski definition) is 0. The maximum atomic E-state index is 12.5. The van der Waals surface area contributed by atoms with Gasteiger partial charge in [0.25, 0.3) is 5.56 Å². The Morgan fingerprint density at radius 3 is 2.95 bits per heavy atom. The van der Waals surface area contributed by atoms with Gasteiger partial charge in [0, 0.05) is 24.7 Å². The predicted molar refractivity (Wildman–Crippen MR) is 82.0 cm³/mol. The van der Waals surface area contributed by atoms with Gasteiger partial charge >= 0.3 is 0 Å². The van der Waals surface area contributed by atoms with E-state index in [-0.39, 0.29) is 11.5 Å². The van der Waals surface area contributed by atoms with E-state index < -0.39 is 0 Å². The van der Waals surface area contributed by atoms with Gasteiger partial charge in [-0.3, -0.25) is 14.3 Å². The molecule has 1 atom stereocenters. The van der Waals surface area contributed by atoms with Crippen LogP contribution in [0.2, 0.25) is 0 Å². The van der Waals surface area contributed by atoms with Gasteiger partial charge in [0.2, 0.25) is 0 Å². The second-order valence-corrected chi connectivity index (χ2v) is 5.42. The molecule has 0 N–H and O–H groups in total. The number of hydrogen-bond acceptors (Lipinski definition) is 4. The maximum Gasteiger partial charge on any atom is 0.261 e. The summed E-state index contributed by atoms with van der Waals surface area (Å²) in [7, 11) is 0. The van der Waals surface area contributed by atoms with Crippen LogP contribution in [0.25, 0.3) is 22.2 Å². The summed E-state index contributed by atoms with van der Waals surface area (Å²) in [4.78, 5) is 21.4. The molecule has 0 radical (unpaired) electrons. The van der Waals surface area contributed by atoms with Crippen molar-refractivity contribution in [1.29, 1.82) is 5.26 Å². The van der Waals surface area contributed by atoms with Crippen molar-refractivity contribution in [3.63, 3.8) is 0 Å². The second-order valence-electron chi connectivity index (χ2n) is 5.42. The molecule has 3 heterocycles. The Morgan fingerprint density at radius 1 is 1.27 bits per heavy atom. The highest BCUT2D eigenvalue weighted by atomic mass is 16.1. The van der Waals surface area contributed by atoms with Crippen molar-refractivity contribution in [3.8, 4) is 17.3 Å². The second kappa shape index (κ2) is 4.78. The number of fused-ring (bicyclic) bond motifs is 2. The van der Waals surface area contributed by atoms with E-state index >= 15 is 0 Å². The van der Waals surface area contributed by atoms with E-state index in [9.17, 15) is 4.79 Å². The number of nitriles is 1. The van der Waals surface area contributed by atoms with Crippen molar-refractivity contribution in [2.24, 2.45) is 5.92 Å². The van der Waals surface area contributed by atoms with Crippen LogP contribution in [0.1, 0.15) is 5.82 Å². The standard InChI is InChI=1S/C17H12N4O/c18-9-11-7-16-20-15-8-12(14-3-1-2-6-19-14)4-5-13(15)17(22)21(16)10-11/h1-6,8,11H,7,10H2. The summed E-state index contributed by atoms with van der Waals surface area (Å²) in [5.41, 5.74) is 2.38. The van der Waals surface area contributed by atoms with Crippen molar-refractivity contribution in [2.75, 3.05) is 0 Å². The molecular formula is C17H12N4O. The lowest BCUT2D eigenvalue weighted by Crippen LogP contribution is -2.21. The van der Waals surface area contributed by atoms with Crippen LogP contribution in [-0.2, 0) is 13.0 Å². The molecule has 22 heavy (non-hydrogen) atoms. The van der Waals surface area contributed by atoms with Crippen LogP contribution in [0.5, 0.6) is 0 Å². The summed E-state index contributed by atoms with van der Waals surface area (Å²) >= 11 is 0. The van der Waals surface area contributed by atoms with Gasteiger partial charge in [-0.25, -0.2) is 4.98 Å². The summed E-state index contributed by atoms with van der Waals surface area (Å²) in [6.07, 6.45) is 2.28. The van der Waals surface area contributed by atoms with Gasteiger partial charge in [0.15, 0.2) is 0 Å². The normalized spacial score (nSPS) is 16.4. The summed E-state index contributed by atoms with van der Waals surface area (Å²) in [6.45, 7) is 0.440. The highest BCUT2D eigenvalue weighted by molar-refractivity contribution is 5.83. The minimum absolute atomic E-state index is 0.0645. The first-order valence-electron chi connectivity index (χ1n) is 7.11. The lowest BCUT2D eigenvalue weighted by atomic mass is 10.1. The van der Waals surface area contributed by atoms with Gasteiger partial charge in [-0.1, -0.05) is 12.1 Å². The zero-order chi connectivity index (χ0) is 15.1. The van der Waals surface area contributed by atoms with Gasteiger partial charge in [-0.15, -0.1) is 0 Å². The molecule has 0 saturated carbocycles. The van der Waals surface area contributed by atoms with Crippen molar-refractivity contribution < 1.29 is 0 Å². The fraction of sp³-hybridized carbons (Fsp3) is 0.176. The molecule has 3 aromatic rings. The highest BCUT2D eigenvalue weighted by Gasteiger charge is 2.24. The molecule has 0 aliphatic carbocycles. The quantitative estimate of drug-likeness (QED) is 0.688. The smallest absolute Gasteiger partial charge is 0.261 e. The molecule has 1 aliphatic heterocycles. The zero-order valence-corrected chi connectivity index (χ0v) is 11.7. The molecule has 0 spiro atoms. The van der Waals surface area contributed by atoms with Gasteiger partial charge < -0.3 is 0 Å². The minimum atomic E-state index is -0.160. The molecule has 4 rings (SSSR count). The van der Waals surface area contributed by atoms with Gasteiger partial charge in [-0.05, 0) is 24.3 Å². The average Bonchev–Trinajstić information content (AvgIpc) is 2.99. The van der Waals surface area contributed by atoms with Crippen LogP contribution >= 0.6 is 0 Å². The van der Waals surface area contributed by atoms with Crippen molar-refractivity contribution in [1.82, 2.24) is 14.5 Å². The third-order valence-corrected chi connectivity index (χ3v) is 4.01. The molecule has 1 unspecified atom stereocenters. The third kappa shape index (κ3) is 1.89. The molecule has 1 aromatic carbocycles. The van der Waals surface area contributed by atoms with Crippen LogP contribution in [-0.4, -0.2) is 14.5 Å². The lowest BCUT2D eigenvalue weighted by Gasteiger charge is -2.06. The van der Waals surface area contributed by atoms with Crippen molar-refractivity contribution in [3.05, 3.63) is 58.8 Å². The Kier molecular flexibility index (Phi) is 2.76. The lowest BCUT2D eigenvalue weighted by molar-refractivity contribution is 0.623. The first kappa shape index (κ1) is 12.7. The van der Waals surface area contributed by atoms with Crippen molar-refractivity contribution >= 4 is 10.9 Å². The number of aromatic nitrogens is 3. The molecular weight excluding hydrogens is 276 g/mol. The summed E-state index contributed by atoms with van der Waals surface area (Å²) < 4.78 is 1.62. The van der Waals surface area contributed by atoms with Crippen molar-refractivity contribution in [2.45, 2.75) is 13.0 Å². The van der Waals surface area contributed by atoms with Gasteiger partial charge in [-0.2, -0.15) is 5.26 Å². The SMILES string of the molecule is N#CC1Cc2nc3cc(-c4ccccn4)ccc3c(=O)n2C1. The first-order chi connectivity index (χ1) is 10.8. The van der Waals surface area contributed by atoms with Crippen LogP contribution in [0.3, 0.4) is 0 Å². The van der Waals surface area contributed by atoms with Crippen LogP contribution in [0, 0.1) is 17.2 Å². The fourth-order valence-corrected chi connectivity index (χ4v) is 2.90. The van der Waals surface area contributed by atoms with Crippen LogP contribution in [0.4, 0.5) is 0 Å². The molecule has 0 saturated heterocycles. The van der Waals surface area contributed by atoms with Crippen LogP contribution in [0.15, 0.2) is 47.4 Å². The summed E-state index contributed by atoms with van der Waals surface area (Å²) in [6, 6.07) is 13.5. The molecule has 2 aromatic heterocycles. The van der Waals surface area contributed by atoms with E-state index in [0.717, 1.165) is 11.3 Å². The summed E-state index contributed by atoms with van der Waals surface area (Å²) in [5.74, 6) is 0.537. The predicted octanol–water partition coefficient (Wildman–Crippen LogP) is 2.15. The average molecular weight is 288 g/mol. The Bertz CT molecular complexity index is 970. The van der Waals surface area contributed by atoms with Gasteiger partial charge in [0.05, 0.1) is 28.6 Å². The number of rotatable bonds is 1. The zero-order valence-electron chi connectivity index (χ0n) is 11.7. The van der Waals surface area contributed by atoms with E-state index in [1.807, 2.05) is 30.3 Å². The molecule has 0 bridgehead atoms. The number of pyridine rings is 1. The van der Waals surface area contributed by atoms with E-state index in [0.29, 0.717) is 29.7 Å². The van der Waals surface area contributed by atoms with E-state index in [1.54, 1.807) is 16.8 Å². The largest absolute Gasteiger partial charge is 0.295 e. The fourth-order valence-electron chi connectivity index (χ4n) is 2.90. The molecule has 1 aliphatic rings. The number of benzene rings is 1. The minimum Gasteiger partial charge on any atom is -0.295 e. The Hall–Kier alpha value is -3.00.